The number of ether oxygens (including phenoxy) is 1. The molecule has 1 aliphatic rings. The molecule has 0 saturated carbocycles. The van der Waals surface area contributed by atoms with Crippen LogP contribution in [-0.4, -0.2) is 70.8 Å². The van der Waals surface area contributed by atoms with E-state index >= 15 is 0 Å². The van der Waals surface area contributed by atoms with Crippen LogP contribution in [0.25, 0.3) is 50.4 Å². The molecule has 0 unspecified atom stereocenters. The third-order valence-electron chi connectivity index (χ3n) is 7.04. The third-order valence-corrected chi connectivity index (χ3v) is 7.04. The van der Waals surface area contributed by atoms with Crippen LogP contribution in [0.15, 0.2) is 61.4 Å². The highest BCUT2D eigenvalue weighted by atomic mass is 16.5. The molecule has 0 bridgehead atoms. The molecular weight excluding hydrogens is 478 g/mol. The molecule has 6 aromatic rings. The summed E-state index contributed by atoms with van der Waals surface area (Å²) >= 11 is 0. The average molecular weight is 506 g/mol. The third kappa shape index (κ3) is 4.18. The molecular formula is C28H27N9O. The van der Waals surface area contributed by atoms with Gasteiger partial charge in [-0.3, -0.25) is 20.0 Å². The summed E-state index contributed by atoms with van der Waals surface area (Å²) in [4.78, 5) is 24.2. The number of aromatic amines is 2. The molecule has 190 valence electrons. The van der Waals surface area contributed by atoms with E-state index in [2.05, 4.69) is 35.0 Å². The Morgan fingerprint density at radius 2 is 1.95 bits per heavy atom. The van der Waals surface area contributed by atoms with Gasteiger partial charge in [-0.05, 0) is 57.1 Å². The van der Waals surface area contributed by atoms with Crippen molar-refractivity contribution < 1.29 is 4.74 Å². The normalized spacial score (nSPS) is 14.1. The van der Waals surface area contributed by atoms with Gasteiger partial charge in [-0.15, -0.1) is 0 Å². The Bertz CT molecular complexity index is 1740. The molecule has 0 spiro atoms. The van der Waals surface area contributed by atoms with E-state index in [4.69, 9.17) is 9.72 Å². The van der Waals surface area contributed by atoms with Gasteiger partial charge >= 0.3 is 0 Å². The molecule has 2 N–H and O–H groups in total. The van der Waals surface area contributed by atoms with Gasteiger partial charge in [0.15, 0.2) is 5.82 Å². The molecule has 1 fully saturated rings. The number of hydrogen-bond donors (Lipinski definition) is 2. The molecule has 0 radical (unpaired) electrons. The van der Waals surface area contributed by atoms with E-state index in [1.807, 2.05) is 54.2 Å². The lowest BCUT2D eigenvalue weighted by Crippen LogP contribution is -2.25. The molecule has 0 aliphatic carbocycles. The van der Waals surface area contributed by atoms with Crippen molar-refractivity contribution in [3.8, 4) is 34.2 Å². The first-order valence-electron chi connectivity index (χ1n) is 12.9. The lowest BCUT2D eigenvalue weighted by molar-refractivity contribution is 0.237. The van der Waals surface area contributed by atoms with Crippen LogP contribution < -0.4 is 4.74 Å². The standard InChI is InChI=1S/C28H27N9O/c1-18-16-37(17-31-18)25-6-4-5-22-27(25)33-28(32-22)26-21-12-23(30-15-24(21)34-35-26)19-11-20(14-29-13-19)38-10-9-36-7-2-3-8-36/h4-6,11-17H,2-3,7-10H2,1H3,(H,32,33)(H,34,35). The van der Waals surface area contributed by atoms with Crippen LogP contribution in [0.3, 0.4) is 0 Å². The Morgan fingerprint density at radius 3 is 2.82 bits per heavy atom. The Morgan fingerprint density at radius 1 is 1.03 bits per heavy atom. The molecule has 1 aliphatic heterocycles. The SMILES string of the molecule is Cc1cn(-c2cccc3[nH]c(-c4n[nH]c5cnc(-c6cncc(OCCN7CCCC7)c6)cc45)nc23)cn1. The van der Waals surface area contributed by atoms with Gasteiger partial charge in [-0.25, -0.2) is 9.97 Å². The van der Waals surface area contributed by atoms with Crippen LogP contribution in [-0.2, 0) is 0 Å². The summed E-state index contributed by atoms with van der Waals surface area (Å²) < 4.78 is 7.99. The fraction of sp³-hybridized carbons (Fsp3) is 0.250. The van der Waals surface area contributed by atoms with Crippen molar-refractivity contribution in [1.29, 1.82) is 0 Å². The Labute approximate surface area is 218 Å². The second kappa shape index (κ2) is 9.38. The number of para-hydroxylation sites is 1. The van der Waals surface area contributed by atoms with Crippen molar-refractivity contribution in [2.45, 2.75) is 19.8 Å². The largest absolute Gasteiger partial charge is 0.491 e. The lowest BCUT2D eigenvalue weighted by Gasteiger charge is -2.15. The molecule has 10 nitrogen and oxygen atoms in total. The van der Waals surface area contributed by atoms with E-state index < -0.39 is 0 Å². The number of pyridine rings is 2. The summed E-state index contributed by atoms with van der Waals surface area (Å²) in [5, 5.41) is 8.59. The van der Waals surface area contributed by atoms with Crippen LogP contribution in [0.5, 0.6) is 5.75 Å². The number of imidazole rings is 2. The predicted molar refractivity (Wildman–Crippen MR) is 145 cm³/mol. The highest BCUT2D eigenvalue weighted by Gasteiger charge is 2.17. The van der Waals surface area contributed by atoms with Crippen LogP contribution in [0, 0.1) is 6.92 Å². The number of hydrogen-bond acceptors (Lipinski definition) is 7. The van der Waals surface area contributed by atoms with Crippen molar-refractivity contribution in [2.75, 3.05) is 26.2 Å². The molecule has 1 aromatic carbocycles. The zero-order valence-corrected chi connectivity index (χ0v) is 21.1. The van der Waals surface area contributed by atoms with Gasteiger partial charge in [0.2, 0.25) is 0 Å². The Kier molecular flexibility index (Phi) is 5.58. The van der Waals surface area contributed by atoms with E-state index in [-0.39, 0.29) is 0 Å². The average Bonchev–Trinajstić information content (AvgIpc) is 3.74. The Hall–Kier alpha value is -4.57. The van der Waals surface area contributed by atoms with E-state index in [0.717, 1.165) is 75.7 Å². The minimum absolute atomic E-state index is 0.649. The fourth-order valence-electron chi connectivity index (χ4n) is 5.08. The van der Waals surface area contributed by atoms with E-state index in [1.165, 1.54) is 12.8 Å². The minimum Gasteiger partial charge on any atom is -0.491 e. The van der Waals surface area contributed by atoms with Gasteiger partial charge in [0, 0.05) is 29.9 Å². The maximum absolute atomic E-state index is 6.01. The minimum atomic E-state index is 0.649. The number of fused-ring (bicyclic) bond motifs is 2. The van der Waals surface area contributed by atoms with E-state index in [1.54, 1.807) is 18.7 Å². The number of likely N-dealkylation sites (tertiary alicyclic amines) is 1. The number of aromatic nitrogens is 8. The zero-order valence-electron chi connectivity index (χ0n) is 21.1. The van der Waals surface area contributed by atoms with Crippen LogP contribution in [0.4, 0.5) is 0 Å². The van der Waals surface area contributed by atoms with Crippen molar-refractivity contribution >= 4 is 21.9 Å². The number of H-pyrrole nitrogens is 2. The summed E-state index contributed by atoms with van der Waals surface area (Å²) in [6, 6.07) is 10.1. The van der Waals surface area contributed by atoms with Gasteiger partial charge in [-0.1, -0.05) is 6.07 Å². The van der Waals surface area contributed by atoms with Gasteiger partial charge in [0.25, 0.3) is 0 Å². The second-order valence-corrected chi connectivity index (χ2v) is 9.67. The molecule has 7 rings (SSSR count). The van der Waals surface area contributed by atoms with Crippen LogP contribution >= 0.6 is 0 Å². The highest BCUT2D eigenvalue weighted by Crippen LogP contribution is 2.31. The molecule has 5 aromatic heterocycles. The van der Waals surface area contributed by atoms with E-state index in [9.17, 15) is 0 Å². The summed E-state index contributed by atoms with van der Waals surface area (Å²) in [5.74, 6) is 1.43. The summed E-state index contributed by atoms with van der Waals surface area (Å²) in [5.41, 5.74) is 6.94. The first-order valence-corrected chi connectivity index (χ1v) is 12.9. The number of aryl methyl sites for hydroxylation is 1. The molecule has 0 amide bonds. The fourth-order valence-corrected chi connectivity index (χ4v) is 5.08. The number of rotatable bonds is 7. The summed E-state index contributed by atoms with van der Waals surface area (Å²) in [7, 11) is 0. The zero-order chi connectivity index (χ0) is 25.5. The van der Waals surface area contributed by atoms with Gasteiger partial charge in [0.05, 0.1) is 46.8 Å². The number of nitrogens with one attached hydrogen (secondary N) is 2. The van der Waals surface area contributed by atoms with E-state index in [0.29, 0.717) is 12.4 Å². The first kappa shape index (κ1) is 22.6. The highest BCUT2D eigenvalue weighted by molar-refractivity contribution is 5.95. The second-order valence-electron chi connectivity index (χ2n) is 9.67. The number of nitrogens with zero attached hydrogens (tertiary/aromatic N) is 7. The lowest BCUT2D eigenvalue weighted by atomic mass is 10.1. The van der Waals surface area contributed by atoms with Crippen molar-refractivity contribution in [3.63, 3.8) is 0 Å². The van der Waals surface area contributed by atoms with Gasteiger partial charge in [0.1, 0.15) is 23.6 Å². The van der Waals surface area contributed by atoms with Crippen molar-refractivity contribution in [3.05, 3.63) is 67.1 Å². The van der Waals surface area contributed by atoms with Gasteiger partial charge in [-0.2, -0.15) is 5.10 Å². The summed E-state index contributed by atoms with van der Waals surface area (Å²) in [6.45, 7) is 5.88. The first-order chi connectivity index (χ1) is 18.7. The van der Waals surface area contributed by atoms with Crippen LogP contribution in [0.2, 0.25) is 0 Å². The molecule has 0 atom stereocenters. The van der Waals surface area contributed by atoms with Crippen molar-refractivity contribution in [2.24, 2.45) is 0 Å². The number of benzene rings is 1. The van der Waals surface area contributed by atoms with Crippen LogP contribution in [0.1, 0.15) is 18.5 Å². The molecule has 10 heteroatoms. The monoisotopic (exact) mass is 505 g/mol. The maximum Gasteiger partial charge on any atom is 0.159 e. The smallest absolute Gasteiger partial charge is 0.159 e. The molecule has 6 heterocycles. The molecule has 38 heavy (non-hydrogen) atoms. The van der Waals surface area contributed by atoms with Gasteiger partial charge < -0.3 is 14.3 Å². The quantitative estimate of drug-likeness (QED) is 0.328. The predicted octanol–water partition coefficient (Wildman–Crippen LogP) is 4.53. The molecule has 1 saturated heterocycles. The summed E-state index contributed by atoms with van der Waals surface area (Å²) in [6.07, 6.45) is 11.7. The van der Waals surface area contributed by atoms with Crippen molar-refractivity contribution in [1.82, 2.24) is 44.6 Å². The maximum atomic E-state index is 6.01. The Balaban J connectivity index is 1.20. The topological polar surface area (TPSA) is 113 Å².